The summed E-state index contributed by atoms with van der Waals surface area (Å²) in [7, 11) is 1.24. The number of rotatable bonds is 6. The highest BCUT2D eigenvalue weighted by atomic mass is 16.7. The third-order valence-corrected chi connectivity index (χ3v) is 4.63. The minimum Gasteiger partial charge on any atom is -0.394 e. The fraction of sp³-hybridized carbons (Fsp3) is 0.933. The van der Waals surface area contributed by atoms with E-state index in [4.69, 9.17) is 18.9 Å². The van der Waals surface area contributed by atoms with E-state index in [0.717, 1.165) is 0 Å². The summed E-state index contributed by atoms with van der Waals surface area (Å²) in [5.41, 5.74) is 0. The molecule has 12 heteroatoms. The summed E-state index contributed by atoms with van der Waals surface area (Å²) in [4.78, 5) is 11.4. The number of hydrogen-bond acceptors (Lipinski definition) is 11. The summed E-state index contributed by atoms with van der Waals surface area (Å²) in [6.07, 6.45) is -12.3. The van der Waals surface area contributed by atoms with Crippen molar-refractivity contribution >= 4 is 5.91 Å². The summed E-state index contributed by atoms with van der Waals surface area (Å²) >= 11 is 0. The van der Waals surface area contributed by atoms with Crippen molar-refractivity contribution in [2.24, 2.45) is 0 Å². The van der Waals surface area contributed by atoms with Crippen LogP contribution < -0.4 is 5.32 Å². The third-order valence-electron chi connectivity index (χ3n) is 4.63. The molecule has 158 valence electrons. The normalized spacial score (nSPS) is 45.5. The van der Waals surface area contributed by atoms with Gasteiger partial charge in [-0.15, -0.1) is 0 Å². The summed E-state index contributed by atoms with van der Waals surface area (Å²) in [6.45, 7) is -0.0576. The van der Waals surface area contributed by atoms with Gasteiger partial charge < -0.3 is 54.9 Å². The van der Waals surface area contributed by atoms with Crippen LogP contribution in [0.15, 0.2) is 0 Å². The molecule has 0 radical (unpaired) electrons. The van der Waals surface area contributed by atoms with Gasteiger partial charge in [0.1, 0.15) is 48.8 Å². The molecular formula is C15H27NO11. The van der Waals surface area contributed by atoms with Gasteiger partial charge in [0.25, 0.3) is 0 Å². The first kappa shape index (κ1) is 22.4. The highest BCUT2D eigenvalue weighted by Crippen LogP contribution is 2.29. The Balaban J connectivity index is 2.24. The maximum absolute atomic E-state index is 11.4. The van der Waals surface area contributed by atoms with Crippen molar-refractivity contribution < 1.29 is 54.4 Å². The molecule has 2 fully saturated rings. The number of carbonyl (C=O) groups excluding carboxylic acids is 1. The lowest BCUT2D eigenvalue weighted by molar-refractivity contribution is -0.343. The fourth-order valence-corrected chi connectivity index (χ4v) is 3.23. The Kier molecular flexibility index (Phi) is 7.88. The molecule has 10 atom stereocenters. The third kappa shape index (κ3) is 4.74. The van der Waals surface area contributed by atoms with Crippen molar-refractivity contribution in [1.82, 2.24) is 5.32 Å². The number of amides is 1. The van der Waals surface area contributed by atoms with Gasteiger partial charge in [-0.25, -0.2) is 0 Å². The number of hydrogen-bond donors (Lipinski definition) is 7. The maximum Gasteiger partial charge on any atom is 0.217 e. The molecule has 0 bridgehead atoms. The molecule has 2 aliphatic rings. The van der Waals surface area contributed by atoms with E-state index in [-0.39, 0.29) is 0 Å². The van der Waals surface area contributed by atoms with Crippen molar-refractivity contribution in [2.75, 3.05) is 20.3 Å². The minimum atomic E-state index is -1.61. The topological polar surface area (TPSA) is 187 Å². The molecule has 0 aromatic heterocycles. The summed E-state index contributed by atoms with van der Waals surface area (Å²) in [5, 5.41) is 61.9. The molecule has 0 aromatic carbocycles. The zero-order chi connectivity index (χ0) is 20.3. The molecule has 2 heterocycles. The van der Waals surface area contributed by atoms with Crippen molar-refractivity contribution in [3.05, 3.63) is 0 Å². The zero-order valence-electron chi connectivity index (χ0n) is 14.9. The van der Waals surface area contributed by atoms with E-state index in [9.17, 15) is 35.4 Å². The molecule has 27 heavy (non-hydrogen) atoms. The second-order valence-corrected chi connectivity index (χ2v) is 6.47. The molecule has 0 unspecified atom stereocenters. The van der Waals surface area contributed by atoms with Crippen LogP contribution in [0.25, 0.3) is 0 Å². The molecule has 7 N–H and O–H groups in total. The second kappa shape index (κ2) is 9.52. The van der Waals surface area contributed by atoms with Gasteiger partial charge in [0.05, 0.1) is 13.2 Å². The lowest BCUT2D eigenvalue weighted by Gasteiger charge is -2.47. The van der Waals surface area contributed by atoms with Gasteiger partial charge in [-0.05, 0) is 0 Å². The number of aliphatic hydroxyl groups excluding tert-OH is 6. The Bertz CT molecular complexity index is 494. The number of carbonyl (C=O) groups is 1. The quantitative estimate of drug-likeness (QED) is 0.228. The Hall–Kier alpha value is -0.930. The lowest BCUT2D eigenvalue weighted by Crippen LogP contribution is -2.67. The number of aliphatic hydroxyl groups is 6. The summed E-state index contributed by atoms with van der Waals surface area (Å²) in [6, 6.07) is -1.24. The molecule has 2 saturated heterocycles. The molecule has 0 saturated carbocycles. The molecule has 0 spiro atoms. The second-order valence-electron chi connectivity index (χ2n) is 6.47. The lowest BCUT2D eigenvalue weighted by atomic mass is 9.95. The van der Waals surface area contributed by atoms with Gasteiger partial charge in [0, 0.05) is 14.0 Å². The van der Waals surface area contributed by atoms with E-state index in [2.05, 4.69) is 5.32 Å². The molecule has 2 aliphatic heterocycles. The SMILES string of the molecule is CO[C@H]1[C@@H](O)[C@@H](CO)O[C@@H](O[C@H]2[C@@H](O)[C@@H](CO)O[C@H](O)[C@@H]2NC(C)=O)[C@@H]1O. The fourth-order valence-electron chi connectivity index (χ4n) is 3.23. The zero-order valence-corrected chi connectivity index (χ0v) is 14.9. The molecule has 12 nitrogen and oxygen atoms in total. The first-order valence-electron chi connectivity index (χ1n) is 8.45. The van der Waals surface area contributed by atoms with Crippen LogP contribution in [0.3, 0.4) is 0 Å². The molecule has 0 aromatic rings. The van der Waals surface area contributed by atoms with Crippen molar-refractivity contribution in [2.45, 2.75) is 68.3 Å². The van der Waals surface area contributed by atoms with Gasteiger partial charge in [-0.1, -0.05) is 0 Å². The van der Waals surface area contributed by atoms with Crippen LogP contribution in [-0.2, 0) is 23.7 Å². The van der Waals surface area contributed by atoms with Crippen molar-refractivity contribution in [3.63, 3.8) is 0 Å². The first-order valence-corrected chi connectivity index (χ1v) is 8.45. The van der Waals surface area contributed by atoms with E-state index < -0.39 is 80.5 Å². The van der Waals surface area contributed by atoms with Gasteiger partial charge >= 0.3 is 0 Å². The predicted molar refractivity (Wildman–Crippen MR) is 85.0 cm³/mol. The Morgan fingerprint density at radius 1 is 0.963 bits per heavy atom. The van der Waals surface area contributed by atoms with Crippen molar-refractivity contribution in [1.29, 1.82) is 0 Å². The Morgan fingerprint density at radius 2 is 1.52 bits per heavy atom. The standard InChI is InChI=1S/C15H27NO11/c1-5(19)16-8-12(9(20)6(3-17)25-14(8)23)27-15-11(22)13(24-2)10(21)7(4-18)26-15/h6-15,17-18,20-23H,3-4H2,1-2H3,(H,16,19)/t6-,7-,8-,9+,10+,11-,12-,13+,14+,15+/m1/s1. The van der Waals surface area contributed by atoms with Crippen LogP contribution in [0.1, 0.15) is 6.92 Å². The average Bonchev–Trinajstić information content (AvgIpc) is 2.62. The van der Waals surface area contributed by atoms with Crippen LogP contribution in [-0.4, -0.2) is 118 Å². The largest absolute Gasteiger partial charge is 0.394 e. The molecular weight excluding hydrogens is 370 g/mol. The van der Waals surface area contributed by atoms with Gasteiger partial charge in [0.2, 0.25) is 5.91 Å². The molecule has 1 amide bonds. The van der Waals surface area contributed by atoms with Gasteiger partial charge in [0.15, 0.2) is 12.6 Å². The predicted octanol–water partition coefficient (Wildman–Crippen LogP) is -4.60. The van der Waals surface area contributed by atoms with E-state index in [1.807, 2.05) is 0 Å². The number of ether oxygens (including phenoxy) is 4. The Labute approximate surface area is 155 Å². The molecule has 2 rings (SSSR count). The van der Waals surface area contributed by atoms with E-state index in [0.29, 0.717) is 0 Å². The van der Waals surface area contributed by atoms with E-state index >= 15 is 0 Å². The molecule has 0 aliphatic carbocycles. The average molecular weight is 397 g/mol. The van der Waals surface area contributed by atoms with Gasteiger partial charge in [-0.3, -0.25) is 4.79 Å². The van der Waals surface area contributed by atoms with Crippen LogP contribution in [0.2, 0.25) is 0 Å². The van der Waals surface area contributed by atoms with Crippen molar-refractivity contribution in [3.8, 4) is 0 Å². The van der Waals surface area contributed by atoms with Crippen LogP contribution >= 0.6 is 0 Å². The highest BCUT2D eigenvalue weighted by molar-refractivity contribution is 5.73. The number of methoxy groups -OCH3 is 1. The highest BCUT2D eigenvalue weighted by Gasteiger charge is 2.51. The summed E-state index contributed by atoms with van der Waals surface area (Å²) in [5.74, 6) is -0.547. The van der Waals surface area contributed by atoms with E-state index in [1.165, 1.54) is 14.0 Å². The summed E-state index contributed by atoms with van der Waals surface area (Å²) < 4.78 is 21.0. The first-order chi connectivity index (χ1) is 12.7. The maximum atomic E-state index is 11.4. The monoisotopic (exact) mass is 397 g/mol. The Morgan fingerprint density at radius 3 is 2.04 bits per heavy atom. The van der Waals surface area contributed by atoms with Gasteiger partial charge in [-0.2, -0.15) is 0 Å². The minimum absolute atomic E-state index is 0.547. The number of nitrogens with one attached hydrogen (secondary N) is 1. The van der Waals surface area contributed by atoms with E-state index in [1.54, 1.807) is 0 Å². The van der Waals surface area contributed by atoms with Crippen LogP contribution in [0, 0.1) is 0 Å². The van der Waals surface area contributed by atoms with Crippen LogP contribution in [0.5, 0.6) is 0 Å². The smallest absolute Gasteiger partial charge is 0.217 e. The van der Waals surface area contributed by atoms with Crippen LogP contribution in [0.4, 0.5) is 0 Å².